The highest BCUT2D eigenvalue weighted by molar-refractivity contribution is 5.84. The van der Waals surface area contributed by atoms with Crippen LogP contribution in [-0.2, 0) is 4.79 Å². The van der Waals surface area contributed by atoms with Crippen molar-refractivity contribution < 1.29 is 4.79 Å². The van der Waals surface area contributed by atoms with Gasteiger partial charge in [0.05, 0.1) is 17.1 Å². The third-order valence-corrected chi connectivity index (χ3v) is 5.12. The maximum absolute atomic E-state index is 13.4. The Labute approximate surface area is 153 Å². The molecule has 5 heteroatoms. The average molecular weight is 348 g/mol. The van der Waals surface area contributed by atoms with E-state index in [2.05, 4.69) is 4.98 Å². The fourth-order valence-corrected chi connectivity index (χ4v) is 3.90. The van der Waals surface area contributed by atoms with Crippen LogP contribution >= 0.6 is 0 Å². The number of carbonyl (C=O) groups is 1. The Morgan fingerprint density at radius 1 is 1.15 bits per heavy atom. The third kappa shape index (κ3) is 2.99. The average Bonchev–Trinajstić information content (AvgIpc) is 3.29. The molecule has 0 unspecified atom stereocenters. The molecule has 3 aromatic rings. The molecule has 1 aromatic heterocycles. The Bertz CT molecular complexity index is 870. The van der Waals surface area contributed by atoms with Gasteiger partial charge in [-0.1, -0.05) is 42.5 Å². The Balaban J connectivity index is 1.65. The van der Waals surface area contributed by atoms with Crippen LogP contribution < -0.4 is 0 Å². The van der Waals surface area contributed by atoms with Crippen LogP contribution in [0.25, 0.3) is 11.0 Å². The van der Waals surface area contributed by atoms with Crippen LogP contribution in [0.3, 0.4) is 0 Å². The van der Waals surface area contributed by atoms with Crippen molar-refractivity contribution in [2.24, 2.45) is 0 Å². The summed E-state index contributed by atoms with van der Waals surface area (Å²) < 4.78 is 0. The van der Waals surface area contributed by atoms with Gasteiger partial charge in [-0.05, 0) is 44.6 Å². The molecule has 0 spiro atoms. The highest BCUT2D eigenvalue weighted by Gasteiger charge is 2.36. The number of fused-ring (bicyclic) bond motifs is 1. The molecule has 0 saturated carbocycles. The van der Waals surface area contributed by atoms with Crippen LogP contribution in [0.2, 0.25) is 0 Å². The maximum atomic E-state index is 13.4. The van der Waals surface area contributed by atoms with E-state index >= 15 is 0 Å². The molecule has 2 heterocycles. The number of likely N-dealkylation sites (N-methyl/N-ethyl adjacent to an activating group) is 1. The van der Waals surface area contributed by atoms with Crippen molar-refractivity contribution in [2.45, 2.75) is 24.9 Å². The number of imidazole rings is 1. The van der Waals surface area contributed by atoms with Gasteiger partial charge in [-0.2, -0.15) is 0 Å². The van der Waals surface area contributed by atoms with E-state index in [1.807, 2.05) is 78.5 Å². The number of benzene rings is 2. The normalized spacial score (nSPS) is 18.6. The number of para-hydroxylation sites is 2. The van der Waals surface area contributed by atoms with Crippen molar-refractivity contribution in [3.8, 4) is 0 Å². The number of hydrogen-bond acceptors (Lipinski definition) is 3. The second kappa shape index (κ2) is 6.92. The van der Waals surface area contributed by atoms with Crippen molar-refractivity contribution in [3.63, 3.8) is 0 Å². The van der Waals surface area contributed by atoms with Crippen molar-refractivity contribution in [1.29, 1.82) is 0 Å². The van der Waals surface area contributed by atoms with Gasteiger partial charge in [0.2, 0.25) is 5.91 Å². The summed E-state index contributed by atoms with van der Waals surface area (Å²) in [5.74, 6) is 1.03. The van der Waals surface area contributed by atoms with Crippen LogP contribution in [0, 0.1) is 0 Å². The number of H-pyrrole nitrogens is 1. The lowest BCUT2D eigenvalue weighted by atomic mass is 10.0. The predicted octanol–water partition coefficient (Wildman–Crippen LogP) is 3.53. The minimum absolute atomic E-state index is 0.0149. The van der Waals surface area contributed by atoms with Gasteiger partial charge >= 0.3 is 0 Å². The smallest absolute Gasteiger partial charge is 0.245 e. The van der Waals surface area contributed by atoms with E-state index in [9.17, 15) is 4.79 Å². The van der Waals surface area contributed by atoms with Gasteiger partial charge in [0.25, 0.3) is 0 Å². The quantitative estimate of drug-likeness (QED) is 0.785. The number of rotatable bonds is 4. The van der Waals surface area contributed by atoms with Crippen LogP contribution in [-0.4, -0.2) is 46.3 Å². The molecule has 1 fully saturated rings. The number of carbonyl (C=O) groups excluding carboxylic acids is 1. The van der Waals surface area contributed by atoms with Crippen molar-refractivity contribution >= 4 is 16.9 Å². The molecule has 4 rings (SSSR count). The number of aromatic amines is 1. The molecule has 5 nitrogen and oxygen atoms in total. The van der Waals surface area contributed by atoms with E-state index < -0.39 is 0 Å². The van der Waals surface area contributed by atoms with E-state index in [4.69, 9.17) is 4.98 Å². The first kappa shape index (κ1) is 16.8. The molecule has 1 N–H and O–H groups in total. The van der Waals surface area contributed by atoms with E-state index in [0.29, 0.717) is 0 Å². The maximum Gasteiger partial charge on any atom is 0.245 e. The van der Waals surface area contributed by atoms with Gasteiger partial charge in [-0.25, -0.2) is 4.98 Å². The van der Waals surface area contributed by atoms with Gasteiger partial charge in [0.1, 0.15) is 11.9 Å². The highest BCUT2D eigenvalue weighted by Crippen LogP contribution is 2.34. The molecule has 0 bridgehead atoms. The summed E-state index contributed by atoms with van der Waals surface area (Å²) >= 11 is 0. The van der Waals surface area contributed by atoms with Gasteiger partial charge < -0.3 is 9.88 Å². The Kier molecular flexibility index (Phi) is 4.47. The lowest BCUT2D eigenvalue weighted by Gasteiger charge is -2.31. The van der Waals surface area contributed by atoms with Crippen LogP contribution in [0.1, 0.15) is 36.3 Å². The van der Waals surface area contributed by atoms with Crippen molar-refractivity contribution in [3.05, 3.63) is 66.0 Å². The first-order valence-electron chi connectivity index (χ1n) is 9.11. The zero-order chi connectivity index (χ0) is 18.1. The molecule has 1 aliphatic rings. The molecule has 26 heavy (non-hydrogen) atoms. The lowest BCUT2D eigenvalue weighted by Crippen LogP contribution is -2.40. The SMILES string of the molecule is CN(C)[C@@H](C(=O)N1CCC[C@H]1c1nc2ccccc2[nH]1)c1ccccc1. The van der Waals surface area contributed by atoms with E-state index in [-0.39, 0.29) is 18.0 Å². The van der Waals surface area contributed by atoms with Crippen molar-refractivity contribution in [2.75, 3.05) is 20.6 Å². The number of nitrogens with zero attached hydrogens (tertiary/aromatic N) is 3. The molecule has 2 aromatic carbocycles. The second-order valence-corrected chi connectivity index (χ2v) is 7.11. The summed E-state index contributed by atoms with van der Waals surface area (Å²) in [5.41, 5.74) is 3.00. The van der Waals surface area contributed by atoms with Gasteiger partial charge in [0.15, 0.2) is 0 Å². The zero-order valence-electron chi connectivity index (χ0n) is 15.2. The molecular weight excluding hydrogens is 324 g/mol. The summed E-state index contributed by atoms with van der Waals surface area (Å²) in [7, 11) is 3.92. The molecule has 1 aliphatic heterocycles. The molecule has 1 saturated heterocycles. The minimum atomic E-state index is -0.277. The number of likely N-dealkylation sites (tertiary alicyclic amines) is 1. The summed E-state index contributed by atoms with van der Waals surface area (Å²) in [6.45, 7) is 0.776. The third-order valence-electron chi connectivity index (χ3n) is 5.12. The molecule has 2 atom stereocenters. The number of nitrogens with one attached hydrogen (secondary N) is 1. The Hall–Kier alpha value is -2.66. The molecule has 134 valence electrons. The topological polar surface area (TPSA) is 52.2 Å². The van der Waals surface area contributed by atoms with E-state index in [1.54, 1.807) is 0 Å². The fraction of sp³-hybridized carbons (Fsp3) is 0.333. The Morgan fingerprint density at radius 3 is 2.62 bits per heavy atom. The number of aromatic nitrogens is 2. The molecular formula is C21H24N4O. The fourth-order valence-electron chi connectivity index (χ4n) is 3.90. The van der Waals surface area contributed by atoms with Gasteiger partial charge in [-0.15, -0.1) is 0 Å². The van der Waals surface area contributed by atoms with Crippen LogP contribution in [0.4, 0.5) is 0 Å². The van der Waals surface area contributed by atoms with E-state index in [0.717, 1.165) is 41.8 Å². The van der Waals surface area contributed by atoms with Crippen molar-refractivity contribution in [1.82, 2.24) is 19.8 Å². The minimum Gasteiger partial charge on any atom is -0.340 e. The molecule has 1 amide bonds. The predicted molar refractivity (Wildman–Crippen MR) is 103 cm³/mol. The zero-order valence-corrected chi connectivity index (χ0v) is 15.2. The van der Waals surface area contributed by atoms with Gasteiger partial charge in [0, 0.05) is 6.54 Å². The standard InChI is InChI=1S/C21H24N4O/c1-24(2)19(15-9-4-3-5-10-15)21(26)25-14-8-13-18(25)20-22-16-11-6-7-12-17(16)23-20/h3-7,9-12,18-19H,8,13-14H2,1-2H3,(H,22,23)/t18-,19+/m0/s1. The first-order valence-corrected chi connectivity index (χ1v) is 9.11. The lowest BCUT2D eigenvalue weighted by molar-refractivity contribution is -0.137. The van der Waals surface area contributed by atoms with E-state index in [1.165, 1.54) is 0 Å². The van der Waals surface area contributed by atoms with Crippen LogP contribution in [0.5, 0.6) is 0 Å². The number of hydrogen-bond donors (Lipinski definition) is 1. The summed E-state index contributed by atoms with van der Waals surface area (Å²) in [6.07, 6.45) is 1.95. The molecule has 0 aliphatic carbocycles. The summed E-state index contributed by atoms with van der Waals surface area (Å²) in [4.78, 5) is 25.6. The summed E-state index contributed by atoms with van der Waals surface area (Å²) in [6, 6.07) is 17.8. The number of amides is 1. The highest BCUT2D eigenvalue weighted by atomic mass is 16.2. The largest absolute Gasteiger partial charge is 0.340 e. The first-order chi connectivity index (χ1) is 12.6. The summed E-state index contributed by atoms with van der Waals surface area (Å²) in [5, 5.41) is 0. The monoisotopic (exact) mass is 348 g/mol. The molecule has 0 radical (unpaired) electrons. The van der Waals surface area contributed by atoms with Gasteiger partial charge in [-0.3, -0.25) is 9.69 Å². The van der Waals surface area contributed by atoms with Crippen LogP contribution in [0.15, 0.2) is 54.6 Å². The second-order valence-electron chi connectivity index (χ2n) is 7.11. The Morgan fingerprint density at radius 2 is 1.88 bits per heavy atom.